The van der Waals surface area contributed by atoms with E-state index in [1.807, 2.05) is 23.1 Å². The molecule has 3 amide bonds. The number of aliphatic hydroxyl groups is 1. The van der Waals surface area contributed by atoms with Crippen LogP contribution in [-0.2, 0) is 22.5 Å². The molecule has 0 radical (unpaired) electrons. The lowest BCUT2D eigenvalue weighted by molar-refractivity contribution is -0.149. The van der Waals surface area contributed by atoms with Gasteiger partial charge >= 0.3 is 6.03 Å². The maximum absolute atomic E-state index is 13.9. The molecule has 0 saturated carbocycles. The Balaban J connectivity index is 1.14. The number of fused-ring (bicyclic) bond motifs is 4. The van der Waals surface area contributed by atoms with Crippen molar-refractivity contribution < 1.29 is 28.6 Å². The number of nitrogens with one attached hydrogen (secondary N) is 2. The van der Waals surface area contributed by atoms with Gasteiger partial charge in [0.25, 0.3) is 0 Å². The van der Waals surface area contributed by atoms with Crippen molar-refractivity contribution in [3.63, 3.8) is 0 Å². The van der Waals surface area contributed by atoms with Crippen molar-refractivity contribution in [3.8, 4) is 5.75 Å². The van der Waals surface area contributed by atoms with Crippen LogP contribution in [0, 0.1) is 5.82 Å². The molecule has 3 heterocycles. The predicted molar refractivity (Wildman–Crippen MR) is 143 cm³/mol. The predicted octanol–water partition coefficient (Wildman–Crippen LogP) is 4.44. The molecule has 4 atom stereocenters. The van der Waals surface area contributed by atoms with Crippen molar-refractivity contribution in [2.75, 3.05) is 23.8 Å². The van der Waals surface area contributed by atoms with Gasteiger partial charge in [0.2, 0.25) is 5.91 Å². The largest absolute Gasteiger partial charge is 0.487 e. The molecule has 1 fully saturated rings. The number of halogens is 1. The van der Waals surface area contributed by atoms with Crippen LogP contribution in [0.5, 0.6) is 5.75 Å². The fourth-order valence-electron chi connectivity index (χ4n) is 5.85. The smallest absolute Gasteiger partial charge is 0.323 e. The molecule has 8 nitrogen and oxygen atoms in total. The van der Waals surface area contributed by atoms with Crippen LogP contribution in [0.3, 0.4) is 0 Å². The lowest BCUT2D eigenvalue weighted by Gasteiger charge is -2.38. The van der Waals surface area contributed by atoms with E-state index >= 15 is 0 Å². The van der Waals surface area contributed by atoms with Crippen molar-refractivity contribution in [1.82, 2.24) is 4.90 Å². The van der Waals surface area contributed by atoms with E-state index in [9.17, 15) is 19.1 Å². The van der Waals surface area contributed by atoms with Gasteiger partial charge in [-0.15, -0.1) is 0 Å². The van der Waals surface area contributed by atoms with E-state index in [-0.39, 0.29) is 42.7 Å². The van der Waals surface area contributed by atoms with Crippen LogP contribution in [0.4, 0.5) is 20.6 Å². The second-order valence-corrected chi connectivity index (χ2v) is 10.3. The van der Waals surface area contributed by atoms with Crippen LogP contribution < -0.4 is 15.4 Å². The second kappa shape index (κ2) is 10.7. The number of para-hydroxylation sites is 1. The number of benzene rings is 3. The topological polar surface area (TPSA) is 100 Å². The minimum atomic E-state index is -0.572. The van der Waals surface area contributed by atoms with Crippen LogP contribution in [-0.4, -0.2) is 53.4 Å². The van der Waals surface area contributed by atoms with Gasteiger partial charge in [0.1, 0.15) is 23.8 Å². The molecular formula is C30H30FN3O5. The van der Waals surface area contributed by atoms with Gasteiger partial charge in [0, 0.05) is 30.3 Å². The number of amides is 3. The summed E-state index contributed by atoms with van der Waals surface area (Å²) in [6.07, 6.45) is 0.273. The third kappa shape index (κ3) is 5.20. The summed E-state index contributed by atoms with van der Waals surface area (Å²) < 4.78 is 26.2. The first kappa shape index (κ1) is 25.3. The van der Waals surface area contributed by atoms with Crippen LogP contribution >= 0.6 is 0 Å². The summed E-state index contributed by atoms with van der Waals surface area (Å²) in [6, 6.07) is 18.9. The van der Waals surface area contributed by atoms with E-state index in [4.69, 9.17) is 9.47 Å². The van der Waals surface area contributed by atoms with Gasteiger partial charge in [-0.05, 0) is 54.3 Å². The highest BCUT2D eigenvalue weighted by Crippen LogP contribution is 2.47. The number of anilines is 2. The molecule has 0 aliphatic carbocycles. The number of carbonyl (C=O) groups excluding carboxylic acids is 2. The Kier molecular flexibility index (Phi) is 6.93. The number of rotatable bonds is 5. The van der Waals surface area contributed by atoms with E-state index in [1.54, 1.807) is 24.3 Å². The average molecular weight is 532 g/mol. The van der Waals surface area contributed by atoms with Crippen molar-refractivity contribution in [1.29, 1.82) is 0 Å². The van der Waals surface area contributed by atoms with E-state index < -0.39 is 18.0 Å². The highest BCUT2D eigenvalue weighted by molar-refractivity contribution is 6.00. The molecule has 202 valence electrons. The Bertz CT molecular complexity index is 1400. The molecule has 0 spiro atoms. The summed E-state index contributed by atoms with van der Waals surface area (Å²) in [6.45, 7) is 1.04. The summed E-state index contributed by atoms with van der Waals surface area (Å²) in [5.41, 5.74) is 3.95. The van der Waals surface area contributed by atoms with Gasteiger partial charge in [-0.25, -0.2) is 9.18 Å². The standard InChI is InChI=1S/C30H30FN3O5/c31-24-7-3-4-8-25(24)33-30(37)32-20-9-10-26-22(13-20)23-14-21(38-27(17-35)29(23)39-26)15-28(36)34-12-11-18-5-1-2-6-19(18)16-34/h1-10,13,21,23,27,29,35H,11-12,14-17H2,(H2,32,33,37)/t21-,23+,27-,29-/m0/s1. The second-order valence-electron chi connectivity index (χ2n) is 10.3. The third-order valence-electron chi connectivity index (χ3n) is 7.76. The summed E-state index contributed by atoms with van der Waals surface area (Å²) in [5, 5.41) is 15.3. The Labute approximate surface area is 225 Å². The van der Waals surface area contributed by atoms with E-state index in [1.165, 1.54) is 23.3 Å². The summed E-state index contributed by atoms with van der Waals surface area (Å²) in [5.74, 6) is 0.0577. The Morgan fingerprint density at radius 1 is 1.03 bits per heavy atom. The fraction of sp³-hybridized carbons (Fsp3) is 0.333. The van der Waals surface area contributed by atoms with Gasteiger partial charge in [-0.1, -0.05) is 36.4 Å². The molecule has 1 saturated heterocycles. The average Bonchev–Trinajstić information content (AvgIpc) is 3.31. The highest BCUT2D eigenvalue weighted by atomic mass is 19.1. The van der Waals surface area contributed by atoms with Gasteiger partial charge in [-0.2, -0.15) is 0 Å². The molecule has 0 aromatic heterocycles. The molecule has 9 heteroatoms. The van der Waals surface area contributed by atoms with Gasteiger partial charge < -0.3 is 30.1 Å². The molecule has 0 unspecified atom stereocenters. The number of nitrogens with zero attached hydrogens (tertiary/aromatic N) is 1. The zero-order valence-corrected chi connectivity index (χ0v) is 21.3. The third-order valence-corrected chi connectivity index (χ3v) is 7.76. The quantitative estimate of drug-likeness (QED) is 0.452. The van der Waals surface area contributed by atoms with Gasteiger partial charge in [0.05, 0.1) is 24.8 Å². The van der Waals surface area contributed by atoms with Crippen LogP contribution in [0.25, 0.3) is 0 Å². The zero-order valence-electron chi connectivity index (χ0n) is 21.3. The monoisotopic (exact) mass is 531 g/mol. The van der Waals surface area contributed by atoms with E-state index in [0.29, 0.717) is 30.9 Å². The first-order chi connectivity index (χ1) is 19.0. The number of urea groups is 1. The first-order valence-corrected chi connectivity index (χ1v) is 13.2. The Morgan fingerprint density at radius 3 is 2.64 bits per heavy atom. The summed E-state index contributed by atoms with van der Waals surface area (Å²) >= 11 is 0. The number of aliphatic hydroxyl groups excluding tert-OH is 1. The lowest BCUT2D eigenvalue weighted by atomic mass is 9.84. The van der Waals surface area contributed by atoms with Crippen molar-refractivity contribution >= 4 is 23.3 Å². The molecule has 3 N–H and O–H groups in total. The molecule has 6 rings (SSSR count). The minimum absolute atomic E-state index is 0.0315. The van der Waals surface area contributed by atoms with Crippen molar-refractivity contribution in [2.24, 2.45) is 0 Å². The molecule has 0 bridgehead atoms. The lowest BCUT2D eigenvalue weighted by Crippen LogP contribution is -2.48. The summed E-state index contributed by atoms with van der Waals surface area (Å²) in [4.78, 5) is 27.6. The van der Waals surface area contributed by atoms with Crippen LogP contribution in [0.2, 0.25) is 0 Å². The number of hydrogen-bond acceptors (Lipinski definition) is 5. The van der Waals surface area contributed by atoms with E-state index in [0.717, 1.165) is 12.0 Å². The maximum Gasteiger partial charge on any atom is 0.323 e. The minimum Gasteiger partial charge on any atom is -0.487 e. The number of ether oxygens (including phenoxy) is 2. The van der Waals surface area contributed by atoms with Gasteiger partial charge in [0.15, 0.2) is 0 Å². The first-order valence-electron chi connectivity index (χ1n) is 13.2. The SMILES string of the molecule is O=C(Nc1ccc2c(c1)[C@H]1C[C@@H](CC(=O)N3CCc4ccccc4C3)O[C@@H](CO)[C@H]1O2)Nc1ccccc1F. The normalized spacial score (nSPS) is 23.2. The maximum atomic E-state index is 13.9. The Morgan fingerprint density at radius 2 is 1.82 bits per heavy atom. The molecule has 3 aromatic rings. The molecule has 3 aromatic carbocycles. The highest BCUT2D eigenvalue weighted by Gasteiger charge is 2.46. The molecular weight excluding hydrogens is 501 g/mol. The molecule has 3 aliphatic heterocycles. The van der Waals surface area contributed by atoms with Crippen molar-refractivity contribution in [2.45, 2.75) is 50.0 Å². The number of hydrogen-bond donors (Lipinski definition) is 3. The fourth-order valence-corrected chi connectivity index (χ4v) is 5.85. The summed E-state index contributed by atoms with van der Waals surface area (Å²) in [7, 11) is 0. The van der Waals surface area contributed by atoms with Crippen LogP contribution in [0.15, 0.2) is 66.7 Å². The van der Waals surface area contributed by atoms with Crippen LogP contribution in [0.1, 0.15) is 35.4 Å². The van der Waals surface area contributed by atoms with E-state index in [2.05, 4.69) is 22.8 Å². The number of carbonyl (C=O) groups is 2. The van der Waals surface area contributed by atoms with Gasteiger partial charge in [-0.3, -0.25) is 4.79 Å². The Hall–Kier alpha value is -3.95. The molecule has 39 heavy (non-hydrogen) atoms. The van der Waals surface area contributed by atoms with Crippen molar-refractivity contribution in [3.05, 3.63) is 89.2 Å². The molecule has 3 aliphatic rings. The zero-order chi connectivity index (χ0) is 26.9.